The van der Waals surface area contributed by atoms with Crippen LogP contribution in [0, 0.1) is 0 Å². The topological polar surface area (TPSA) is 105 Å². The van der Waals surface area contributed by atoms with E-state index in [4.69, 9.17) is 4.74 Å². The number of nitrogens with one attached hydrogen (secondary N) is 2. The van der Waals surface area contributed by atoms with Crippen LogP contribution in [0.5, 0.6) is 0 Å². The predicted octanol–water partition coefficient (Wildman–Crippen LogP) is 2.74. The number of esters is 1. The number of carbonyl (C=O) groups excluding carboxylic acids is 4. The zero-order valence-corrected chi connectivity index (χ0v) is 17.7. The minimum absolute atomic E-state index is 0.0791. The third-order valence-corrected chi connectivity index (χ3v) is 4.98. The number of amides is 3. The summed E-state index contributed by atoms with van der Waals surface area (Å²) in [4.78, 5) is 50.4. The monoisotopic (exact) mass is 463 g/mol. The van der Waals surface area contributed by atoms with Gasteiger partial charge in [-0.25, -0.2) is 0 Å². The third kappa shape index (κ3) is 5.13. The summed E-state index contributed by atoms with van der Waals surface area (Å²) in [5, 5.41) is 4.92. The molecular formula is C22H20F3N3O5. The Bertz CT molecular complexity index is 1100. The second-order valence-corrected chi connectivity index (χ2v) is 7.68. The second-order valence-electron chi connectivity index (χ2n) is 7.68. The molecule has 0 unspecified atom stereocenters. The van der Waals surface area contributed by atoms with Gasteiger partial charge in [-0.1, -0.05) is 12.1 Å². The maximum absolute atomic E-state index is 12.8. The first kappa shape index (κ1) is 23.8. The first-order valence-corrected chi connectivity index (χ1v) is 9.76. The highest BCUT2D eigenvalue weighted by atomic mass is 19.4. The lowest BCUT2D eigenvalue weighted by molar-refractivity contribution is -0.147. The van der Waals surface area contributed by atoms with Crippen LogP contribution in [0.25, 0.3) is 0 Å². The molecule has 0 saturated heterocycles. The van der Waals surface area contributed by atoms with Gasteiger partial charge in [-0.3, -0.25) is 24.1 Å². The van der Waals surface area contributed by atoms with Crippen LogP contribution in [-0.4, -0.2) is 42.4 Å². The van der Waals surface area contributed by atoms with Crippen molar-refractivity contribution >= 4 is 35.1 Å². The van der Waals surface area contributed by atoms with E-state index in [9.17, 15) is 32.3 Å². The molecule has 33 heavy (non-hydrogen) atoms. The summed E-state index contributed by atoms with van der Waals surface area (Å²) in [6.07, 6.45) is -4.53. The van der Waals surface area contributed by atoms with Gasteiger partial charge in [0.1, 0.15) is 12.1 Å². The number of benzene rings is 2. The van der Waals surface area contributed by atoms with Crippen molar-refractivity contribution in [2.45, 2.75) is 25.6 Å². The molecule has 0 atom stereocenters. The summed E-state index contributed by atoms with van der Waals surface area (Å²) in [5.74, 6) is -2.78. The zero-order chi connectivity index (χ0) is 24.4. The molecule has 11 heteroatoms. The lowest BCUT2D eigenvalue weighted by Crippen LogP contribution is -2.59. The van der Waals surface area contributed by atoms with Gasteiger partial charge >= 0.3 is 12.1 Å². The van der Waals surface area contributed by atoms with Gasteiger partial charge in [0.2, 0.25) is 5.91 Å². The Labute approximate surface area is 186 Å². The molecule has 0 fully saturated rings. The van der Waals surface area contributed by atoms with E-state index in [1.807, 2.05) is 0 Å². The molecule has 1 aliphatic heterocycles. The number of anilines is 2. The molecular weight excluding hydrogens is 443 g/mol. The van der Waals surface area contributed by atoms with Crippen LogP contribution in [0.2, 0.25) is 0 Å². The molecule has 3 amide bonds. The molecule has 2 N–H and O–H groups in total. The number of halogens is 3. The van der Waals surface area contributed by atoms with Gasteiger partial charge in [0.05, 0.1) is 16.9 Å². The number of rotatable bonds is 5. The van der Waals surface area contributed by atoms with Crippen molar-refractivity contribution in [3.63, 3.8) is 0 Å². The van der Waals surface area contributed by atoms with E-state index in [2.05, 4.69) is 10.6 Å². The fourth-order valence-electron chi connectivity index (χ4n) is 3.22. The molecule has 2 aromatic carbocycles. The lowest BCUT2D eigenvalue weighted by Gasteiger charge is -2.41. The molecule has 8 nitrogen and oxygen atoms in total. The van der Waals surface area contributed by atoms with Gasteiger partial charge < -0.3 is 15.4 Å². The summed E-state index contributed by atoms with van der Waals surface area (Å²) in [5.41, 5.74) is -1.35. The van der Waals surface area contributed by atoms with E-state index in [1.54, 1.807) is 38.1 Å². The number of nitrogens with zero attached hydrogens (tertiary/aromatic N) is 1. The van der Waals surface area contributed by atoms with Crippen LogP contribution in [0.1, 0.15) is 29.8 Å². The standard InChI is InChI=1S/C22H20F3N3O5/c1-21(2)20(32)27-15-5-3-4-6-16(15)28(21)17(29)12-33-18(30)11-26-19(31)13-7-9-14(10-8-13)22(23,24)25/h3-10H,11-12H2,1-2H3,(H,26,31)(H,27,32). The smallest absolute Gasteiger partial charge is 0.416 e. The highest BCUT2D eigenvalue weighted by Gasteiger charge is 2.43. The summed E-state index contributed by atoms with van der Waals surface area (Å²) in [6, 6.07) is 10.1. The Morgan fingerprint density at radius 3 is 2.33 bits per heavy atom. The summed E-state index contributed by atoms with van der Waals surface area (Å²) < 4.78 is 42.7. The molecule has 1 heterocycles. The highest BCUT2D eigenvalue weighted by molar-refractivity contribution is 6.14. The minimum atomic E-state index is -4.53. The number of ether oxygens (including phenoxy) is 1. The first-order chi connectivity index (χ1) is 15.4. The number of carbonyl (C=O) groups is 4. The van der Waals surface area contributed by atoms with Crippen molar-refractivity contribution < 1.29 is 37.1 Å². The number of alkyl halides is 3. The van der Waals surface area contributed by atoms with E-state index in [0.717, 1.165) is 24.3 Å². The Kier molecular flexibility index (Phi) is 6.43. The average Bonchev–Trinajstić information content (AvgIpc) is 2.76. The van der Waals surface area contributed by atoms with Gasteiger partial charge in [-0.05, 0) is 50.2 Å². The van der Waals surface area contributed by atoms with Crippen LogP contribution in [0.3, 0.4) is 0 Å². The molecule has 2 aromatic rings. The first-order valence-electron chi connectivity index (χ1n) is 9.76. The maximum atomic E-state index is 12.8. The zero-order valence-electron chi connectivity index (χ0n) is 17.7. The van der Waals surface area contributed by atoms with Gasteiger partial charge in [-0.15, -0.1) is 0 Å². The lowest BCUT2D eigenvalue weighted by atomic mass is 9.96. The van der Waals surface area contributed by atoms with E-state index in [0.29, 0.717) is 11.4 Å². The van der Waals surface area contributed by atoms with E-state index in [1.165, 1.54) is 4.90 Å². The van der Waals surface area contributed by atoms with Crippen molar-refractivity contribution in [2.75, 3.05) is 23.4 Å². The number of hydrogen-bond donors (Lipinski definition) is 2. The second kappa shape index (κ2) is 8.93. The molecule has 0 aliphatic carbocycles. The molecule has 174 valence electrons. The third-order valence-electron chi connectivity index (χ3n) is 4.98. The van der Waals surface area contributed by atoms with Crippen LogP contribution in [-0.2, 0) is 25.3 Å². The molecule has 0 aromatic heterocycles. The molecule has 1 aliphatic rings. The van der Waals surface area contributed by atoms with Gasteiger partial charge in [0.15, 0.2) is 6.61 Å². The fourth-order valence-corrected chi connectivity index (χ4v) is 3.22. The largest absolute Gasteiger partial charge is 0.454 e. The molecule has 0 bridgehead atoms. The normalized spacial score (nSPS) is 14.7. The van der Waals surface area contributed by atoms with Crippen LogP contribution in [0.15, 0.2) is 48.5 Å². The summed E-state index contributed by atoms with van der Waals surface area (Å²) in [7, 11) is 0. The van der Waals surface area contributed by atoms with Gasteiger partial charge in [0.25, 0.3) is 11.8 Å². The minimum Gasteiger partial charge on any atom is -0.454 e. The quantitative estimate of drug-likeness (QED) is 0.664. The van der Waals surface area contributed by atoms with Crippen LogP contribution >= 0.6 is 0 Å². The fraction of sp³-hybridized carbons (Fsp3) is 0.273. The Morgan fingerprint density at radius 1 is 1.06 bits per heavy atom. The SMILES string of the molecule is CC1(C)C(=O)Nc2ccccc2N1C(=O)COC(=O)CNC(=O)c1ccc(C(F)(F)F)cc1. The molecule has 3 rings (SSSR count). The van der Waals surface area contributed by atoms with Crippen LogP contribution < -0.4 is 15.5 Å². The van der Waals surface area contributed by atoms with Gasteiger partial charge in [0, 0.05) is 5.56 Å². The molecule has 0 radical (unpaired) electrons. The van der Waals surface area contributed by atoms with Gasteiger partial charge in [-0.2, -0.15) is 13.2 Å². The van der Waals surface area contributed by atoms with Crippen molar-refractivity contribution in [3.05, 3.63) is 59.7 Å². The van der Waals surface area contributed by atoms with Crippen LogP contribution in [0.4, 0.5) is 24.5 Å². The molecule has 0 saturated carbocycles. The van der Waals surface area contributed by atoms with Crippen molar-refractivity contribution in [2.24, 2.45) is 0 Å². The molecule has 0 spiro atoms. The number of para-hydroxylation sites is 2. The maximum Gasteiger partial charge on any atom is 0.416 e. The summed E-state index contributed by atoms with van der Waals surface area (Å²) >= 11 is 0. The predicted molar refractivity (Wildman–Crippen MR) is 111 cm³/mol. The Balaban J connectivity index is 1.57. The Hall–Kier alpha value is -3.89. The van der Waals surface area contributed by atoms with E-state index in [-0.39, 0.29) is 5.56 Å². The number of hydrogen-bond acceptors (Lipinski definition) is 5. The Morgan fingerprint density at radius 2 is 1.70 bits per heavy atom. The van der Waals surface area contributed by atoms with Crippen molar-refractivity contribution in [1.82, 2.24) is 5.32 Å². The average molecular weight is 463 g/mol. The van der Waals surface area contributed by atoms with E-state index >= 15 is 0 Å². The highest BCUT2D eigenvalue weighted by Crippen LogP contribution is 2.36. The van der Waals surface area contributed by atoms with Crippen molar-refractivity contribution in [1.29, 1.82) is 0 Å². The van der Waals surface area contributed by atoms with E-state index < -0.39 is 54.1 Å². The number of fused-ring (bicyclic) bond motifs is 1. The summed E-state index contributed by atoms with van der Waals surface area (Å²) in [6.45, 7) is 1.80. The van der Waals surface area contributed by atoms with Crippen molar-refractivity contribution in [3.8, 4) is 0 Å².